The van der Waals surface area contributed by atoms with Crippen molar-refractivity contribution in [2.75, 3.05) is 6.61 Å². The van der Waals surface area contributed by atoms with E-state index in [2.05, 4.69) is 11.2 Å². The summed E-state index contributed by atoms with van der Waals surface area (Å²) in [4.78, 5) is 0. The van der Waals surface area contributed by atoms with Gasteiger partial charge in [0.05, 0.1) is 12.3 Å². The Bertz CT molecular complexity index is 689. The van der Waals surface area contributed by atoms with E-state index in [0.29, 0.717) is 12.0 Å². The van der Waals surface area contributed by atoms with Gasteiger partial charge in [0.15, 0.2) is 0 Å². The second-order valence-corrected chi connectivity index (χ2v) is 5.37. The lowest BCUT2D eigenvalue weighted by Gasteiger charge is -2.35. The number of benzene rings is 1. The normalized spacial score (nSPS) is 22.0. The fourth-order valence-electron chi connectivity index (χ4n) is 2.71. The van der Waals surface area contributed by atoms with Crippen LogP contribution in [0.25, 0.3) is 0 Å². The van der Waals surface area contributed by atoms with Gasteiger partial charge in [-0.3, -0.25) is 4.68 Å². The van der Waals surface area contributed by atoms with Gasteiger partial charge in [0, 0.05) is 24.7 Å². The van der Waals surface area contributed by atoms with E-state index >= 15 is 0 Å². The lowest BCUT2D eigenvalue weighted by atomic mass is 9.75. The Morgan fingerprint density at radius 3 is 3.05 bits per heavy atom. The third-order valence-electron chi connectivity index (χ3n) is 4.00. The maximum Gasteiger partial charge on any atom is 0.125 e. The Labute approximate surface area is 123 Å². The number of ether oxygens (including phenoxy) is 1. The molecule has 1 aliphatic rings. The van der Waals surface area contributed by atoms with Crippen molar-refractivity contribution in [1.82, 2.24) is 9.78 Å². The first-order chi connectivity index (χ1) is 10.2. The third-order valence-corrected chi connectivity index (χ3v) is 4.00. The van der Waals surface area contributed by atoms with Crippen molar-refractivity contribution >= 4 is 0 Å². The molecule has 2 aromatic rings. The Balaban J connectivity index is 1.93. The number of rotatable bonds is 3. The van der Waals surface area contributed by atoms with Crippen molar-refractivity contribution in [3.8, 4) is 11.8 Å². The van der Waals surface area contributed by atoms with Gasteiger partial charge >= 0.3 is 0 Å². The minimum absolute atomic E-state index is 0.180. The molecule has 2 atom stereocenters. The van der Waals surface area contributed by atoms with E-state index in [0.717, 1.165) is 17.9 Å². The largest absolute Gasteiger partial charge is 0.492 e. The Morgan fingerprint density at radius 1 is 1.52 bits per heavy atom. The van der Waals surface area contributed by atoms with Crippen LogP contribution in [-0.2, 0) is 13.0 Å². The third kappa shape index (κ3) is 2.28. The van der Waals surface area contributed by atoms with Crippen molar-refractivity contribution < 1.29 is 9.84 Å². The lowest BCUT2D eigenvalue weighted by molar-refractivity contribution is 0.0171. The first-order valence-electron chi connectivity index (χ1n) is 7.01. The predicted octanol–water partition coefficient (Wildman–Crippen LogP) is 2.08. The van der Waals surface area contributed by atoms with Gasteiger partial charge in [-0.2, -0.15) is 10.4 Å². The fourth-order valence-corrected chi connectivity index (χ4v) is 2.71. The van der Waals surface area contributed by atoms with Crippen LogP contribution in [0.15, 0.2) is 36.7 Å². The van der Waals surface area contributed by atoms with Crippen LogP contribution in [0.5, 0.6) is 5.75 Å². The molecule has 0 bridgehead atoms. The fraction of sp³-hybridized carbons (Fsp3) is 0.375. The summed E-state index contributed by atoms with van der Waals surface area (Å²) in [6.07, 6.45) is 2.95. The Kier molecular flexibility index (Phi) is 3.40. The summed E-state index contributed by atoms with van der Waals surface area (Å²) in [7, 11) is 0. The van der Waals surface area contributed by atoms with Crippen LogP contribution in [0.1, 0.15) is 24.2 Å². The molecule has 2 unspecified atom stereocenters. The van der Waals surface area contributed by atoms with Crippen molar-refractivity contribution in [2.45, 2.75) is 26.0 Å². The highest BCUT2D eigenvalue weighted by molar-refractivity contribution is 5.38. The van der Waals surface area contributed by atoms with Gasteiger partial charge in [-0.05, 0) is 18.6 Å². The summed E-state index contributed by atoms with van der Waals surface area (Å²) in [5, 5.41) is 24.5. The number of aliphatic hydroxyl groups excluding tert-OH is 1. The monoisotopic (exact) mass is 283 g/mol. The van der Waals surface area contributed by atoms with E-state index in [4.69, 9.17) is 4.74 Å². The molecule has 21 heavy (non-hydrogen) atoms. The predicted molar refractivity (Wildman–Crippen MR) is 76.5 cm³/mol. The molecular formula is C16H17N3O2. The van der Waals surface area contributed by atoms with E-state index in [-0.39, 0.29) is 6.61 Å². The van der Waals surface area contributed by atoms with E-state index in [1.165, 1.54) is 0 Å². The summed E-state index contributed by atoms with van der Waals surface area (Å²) in [6.45, 7) is 2.88. The number of aromatic nitrogens is 2. The van der Waals surface area contributed by atoms with Gasteiger partial charge in [0.2, 0.25) is 0 Å². The number of aliphatic hydroxyl groups is 1. The molecule has 1 aromatic heterocycles. The molecule has 2 heterocycles. The highest BCUT2D eigenvalue weighted by atomic mass is 16.5. The average molecular weight is 283 g/mol. The van der Waals surface area contributed by atoms with Crippen LogP contribution in [0.3, 0.4) is 0 Å². The summed E-state index contributed by atoms with van der Waals surface area (Å²) in [6, 6.07) is 9.91. The van der Waals surface area contributed by atoms with Crippen molar-refractivity contribution in [2.24, 2.45) is 5.41 Å². The highest BCUT2D eigenvalue weighted by Crippen LogP contribution is 2.42. The van der Waals surface area contributed by atoms with E-state index < -0.39 is 11.5 Å². The van der Waals surface area contributed by atoms with Gasteiger partial charge in [0.1, 0.15) is 23.9 Å². The molecule has 0 aliphatic carbocycles. The second kappa shape index (κ2) is 5.23. The first kappa shape index (κ1) is 13.7. The number of nitriles is 1. The van der Waals surface area contributed by atoms with Gasteiger partial charge in [0.25, 0.3) is 0 Å². The number of hydrogen-bond donors (Lipinski definition) is 1. The summed E-state index contributed by atoms with van der Waals surface area (Å²) >= 11 is 0. The van der Waals surface area contributed by atoms with Crippen LogP contribution in [0.2, 0.25) is 0 Å². The van der Waals surface area contributed by atoms with E-state index in [9.17, 15) is 10.4 Å². The van der Waals surface area contributed by atoms with Crippen molar-refractivity contribution in [3.05, 3.63) is 47.8 Å². The smallest absolute Gasteiger partial charge is 0.125 e. The maximum atomic E-state index is 10.7. The number of fused-ring (bicyclic) bond motifs is 1. The van der Waals surface area contributed by atoms with Gasteiger partial charge in [-0.15, -0.1) is 0 Å². The summed E-state index contributed by atoms with van der Waals surface area (Å²) in [5.74, 6) is 0.792. The quantitative estimate of drug-likeness (QED) is 0.936. The van der Waals surface area contributed by atoms with Crippen LogP contribution in [0, 0.1) is 16.7 Å². The zero-order chi connectivity index (χ0) is 14.9. The number of para-hydroxylation sites is 1. The minimum atomic E-state index is -0.976. The lowest BCUT2D eigenvalue weighted by Crippen LogP contribution is -2.39. The maximum absolute atomic E-state index is 10.7. The van der Waals surface area contributed by atoms with E-state index in [1.807, 2.05) is 31.2 Å². The SMILES string of the molecule is CCn1cc(C(O)C2(C#N)COc3ccccc3C2)cn1. The molecule has 0 saturated heterocycles. The molecule has 0 radical (unpaired) electrons. The topological polar surface area (TPSA) is 71.1 Å². The van der Waals surface area contributed by atoms with Gasteiger partial charge in [-0.1, -0.05) is 18.2 Å². The standard InChI is InChI=1S/C16H17N3O2/c1-2-19-9-13(8-18-19)15(20)16(10-17)7-12-5-3-4-6-14(12)21-11-16/h3-6,8-9,15,20H,2,7,11H2,1H3. The van der Waals surface area contributed by atoms with Crippen LogP contribution < -0.4 is 4.74 Å². The Hall–Kier alpha value is -2.32. The zero-order valence-electron chi connectivity index (χ0n) is 11.9. The molecule has 0 spiro atoms. The molecule has 5 nitrogen and oxygen atoms in total. The van der Waals surface area contributed by atoms with Crippen LogP contribution in [-0.4, -0.2) is 21.5 Å². The summed E-state index contributed by atoms with van der Waals surface area (Å²) < 4.78 is 7.43. The summed E-state index contributed by atoms with van der Waals surface area (Å²) in [5.41, 5.74) is 0.629. The van der Waals surface area contributed by atoms with Gasteiger partial charge in [-0.25, -0.2) is 0 Å². The molecule has 5 heteroatoms. The first-order valence-corrected chi connectivity index (χ1v) is 7.01. The van der Waals surface area contributed by atoms with E-state index in [1.54, 1.807) is 17.1 Å². The molecular weight excluding hydrogens is 266 g/mol. The van der Waals surface area contributed by atoms with Crippen molar-refractivity contribution in [3.63, 3.8) is 0 Å². The molecule has 1 aromatic carbocycles. The molecule has 1 N–H and O–H groups in total. The molecule has 1 aliphatic heterocycles. The number of aryl methyl sites for hydroxylation is 1. The Morgan fingerprint density at radius 2 is 2.33 bits per heavy atom. The highest BCUT2D eigenvalue weighted by Gasteiger charge is 2.44. The number of nitrogens with zero attached hydrogens (tertiary/aromatic N) is 3. The van der Waals surface area contributed by atoms with Crippen LogP contribution >= 0.6 is 0 Å². The average Bonchev–Trinajstić information content (AvgIpc) is 3.02. The second-order valence-electron chi connectivity index (χ2n) is 5.37. The number of hydrogen-bond acceptors (Lipinski definition) is 4. The molecule has 108 valence electrons. The molecule has 0 fully saturated rings. The zero-order valence-corrected chi connectivity index (χ0v) is 11.9. The molecule has 0 saturated carbocycles. The van der Waals surface area contributed by atoms with Gasteiger partial charge < -0.3 is 9.84 Å². The van der Waals surface area contributed by atoms with Crippen LogP contribution in [0.4, 0.5) is 0 Å². The molecule has 0 amide bonds. The minimum Gasteiger partial charge on any atom is -0.492 e. The van der Waals surface area contributed by atoms with Crippen molar-refractivity contribution in [1.29, 1.82) is 5.26 Å². The molecule has 3 rings (SSSR count).